The smallest absolute Gasteiger partial charge is 0.00228 e. The fourth-order valence-electron chi connectivity index (χ4n) is 1.62. The molecule has 1 aromatic carbocycles. The lowest BCUT2D eigenvalue weighted by atomic mass is 9.96. The van der Waals surface area contributed by atoms with Gasteiger partial charge < -0.3 is 0 Å². The van der Waals surface area contributed by atoms with Crippen molar-refractivity contribution in [2.75, 3.05) is 0 Å². The Balaban J connectivity index is 2.81. The molecule has 0 fully saturated rings. The van der Waals surface area contributed by atoms with Crippen LogP contribution in [0.25, 0.3) is 12.2 Å². The molecule has 0 saturated heterocycles. The summed E-state index contributed by atoms with van der Waals surface area (Å²) in [6.45, 7) is 4.46. The Morgan fingerprint density at radius 1 is 0.909 bits per heavy atom. The lowest BCUT2D eigenvalue weighted by Gasteiger charge is -2.08. The normalized spacial score (nSPS) is 18.4. The molecule has 1 aromatic rings. The van der Waals surface area contributed by atoms with Crippen molar-refractivity contribution in [3.05, 3.63) is 34.7 Å². The highest BCUT2D eigenvalue weighted by atomic mass is 14.2. The van der Waals surface area contributed by atoms with Crippen LogP contribution in [0, 0.1) is 5.41 Å². The van der Waals surface area contributed by atoms with Gasteiger partial charge in [0, 0.05) is 5.41 Å². The van der Waals surface area contributed by atoms with E-state index in [2.05, 4.69) is 50.3 Å². The molecule has 0 heteroatoms. The van der Waals surface area contributed by atoms with Gasteiger partial charge in [-0.2, -0.15) is 0 Å². The van der Waals surface area contributed by atoms with Crippen molar-refractivity contribution in [2.45, 2.75) is 13.8 Å². The molecule has 0 nitrogen and oxygen atoms in total. The minimum Gasteiger partial charge on any atom is -0.0672 e. The summed E-state index contributed by atoms with van der Waals surface area (Å²) in [5, 5.41) is 2.75. The molecule has 0 aliphatic heterocycles. The molecule has 1 aliphatic carbocycles. The van der Waals surface area contributed by atoms with E-state index in [1.165, 1.54) is 10.4 Å². The van der Waals surface area contributed by atoms with Gasteiger partial charge in [-0.25, -0.2) is 0 Å². The van der Waals surface area contributed by atoms with Crippen LogP contribution in [0.1, 0.15) is 13.8 Å². The second-order valence-electron chi connectivity index (χ2n) is 3.74. The molecule has 0 bridgehead atoms. The molecule has 0 atom stereocenters. The lowest BCUT2D eigenvalue weighted by Crippen LogP contribution is -2.19. The summed E-state index contributed by atoms with van der Waals surface area (Å²) in [6, 6.07) is 8.51. The highest BCUT2D eigenvalue weighted by molar-refractivity contribution is 5.54. The van der Waals surface area contributed by atoms with Crippen LogP contribution in [0.15, 0.2) is 24.3 Å². The Bertz CT molecular complexity index is 346. The second-order valence-corrected chi connectivity index (χ2v) is 3.74. The van der Waals surface area contributed by atoms with E-state index in [0.717, 1.165) is 0 Å². The molecule has 0 heterocycles. The minimum absolute atomic E-state index is 0.254. The number of benzene rings is 1. The molecule has 0 spiro atoms. The fourth-order valence-corrected chi connectivity index (χ4v) is 1.62. The van der Waals surface area contributed by atoms with Crippen LogP contribution >= 0.6 is 0 Å². The van der Waals surface area contributed by atoms with Crippen LogP contribution in [0.4, 0.5) is 0 Å². The lowest BCUT2D eigenvalue weighted by molar-refractivity contribution is 0.724. The highest BCUT2D eigenvalue weighted by Gasteiger charge is 2.13. The van der Waals surface area contributed by atoms with Gasteiger partial charge in [0.15, 0.2) is 0 Å². The van der Waals surface area contributed by atoms with Crippen molar-refractivity contribution in [1.29, 1.82) is 0 Å². The average Bonchev–Trinajstić information content (AvgIpc) is 2.21. The standard InChI is InChI=1S/C11H12/c1-11(2)7-9-5-3-4-6-10(9)8-11/h3-8H,1-2H3. The van der Waals surface area contributed by atoms with Crippen molar-refractivity contribution in [2.24, 2.45) is 5.41 Å². The summed E-state index contributed by atoms with van der Waals surface area (Å²) in [7, 11) is 0. The predicted octanol–water partition coefficient (Wildman–Crippen LogP) is 1.29. The van der Waals surface area contributed by atoms with E-state index < -0.39 is 0 Å². The van der Waals surface area contributed by atoms with E-state index in [4.69, 9.17) is 0 Å². The molecule has 0 N–H and O–H groups in total. The van der Waals surface area contributed by atoms with Gasteiger partial charge in [-0.1, -0.05) is 50.3 Å². The van der Waals surface area contributed by atoms with E-state index in [0.29, 0.717) is 0 Å². The number of hydrogen-bond donors (Lipinski definition) is 0. The van der Waals surface area contributed by atoms with Gasteiger partial charge in [0.1, 0.15) is 0 Å². The molecule has 0 saturated carbocycles. The maximum Gasteiger partial charge on any atom is 0.00228 e. The van der Waals surface area contributed by atoms with Crippen LogP contribution in [0.2, 0.25) is 0 Å². The van der Waals surface area contributed by atoms with Gasteiger partial charge in [0.2, 0.25) is 0 Å². The zero-order valence-electron chi connectivity index (χ0n) is 6.96. The second kappa shape index (κ2) is 1.97. The molecule has 1 aliphatic rings. The van der Waals surface area contributed by atoms with E-state index in [1.807, 2.05) is 0 Å². The zero-order valence-corrected chi connectivity index (χ0v) is 6.96. The van der Waals surface area contributed by atoms with Gasteiger partial charge in [0.05, 0.1) is 0 Å². The van der Waals surface area contributed by atoms with Gasteiger partial charge in [-0.3, -0.25) is 0 Å². The maximum atomic E-state index is 2.31. The first-order chi connectivity index (χ1) is 5.17. The molecule has 0 amide bonds. The van der Waals surface area contributed by atoms with Crippen LogP contribution in [-0.4, -0.2) is 0 Å². The average molecular weight is 144 g/mol. The first-order valence-corrected chi connectivity index (χ1v) is 3.98. The Labute approximate surface area is 66.9 Å². The van der Waals surface area contributed by atoms with E-state index in [-0.39, 0.29) is 5.41 Å². The quantitative estimate of drug-likeness (QED) is 0.514. The van der Waals surface area contributed by atoms with Gasteiger partial charge >= 0.3 is 0 Å². The Hall–Kier alpha value is -1.04. The van der Waals surface area contributed by atoms with Gasteiger partial charge in [-0.05, 0) is 10.4 Å². The van der Waals surface area contributed by atoms with Crippen LogP contribution < -0.4 is 10.4 Å². The largest absolute Gasteiger partial charge is 0.0672 e. The minimum atomic E-state index is 0.254. The van der Waals surface area contributed by atoms with Crippen LogP contribution in [0.5, 0.6) is 0 Å². The monoisotopic (exact) mass is 144 g/mol. The zero-order chi connectivity index (χ0) is 7.90. The predicted molar refractivity (Wildman–Crippen MR) is 48.4 cm³/mol. The Kier molecular flexibility index (Phi) is 1.19. The first-order valence-electron chi connectivity index (χ1n) is 3.98. The molecule has 0 aromatic heterocycles. The Morgan fingerprint density at radius 3 is 1.82 bits per heavy atom. The number of fused-ring (bicyclic) bond motifs is 1. The molecular weight excluding hydrogens is 132 g/mol. The third-order valence-corrected chi connectivity index (χ3v) is 2.05. The fraction of sp³-hybridized carbons (Fsp3) is 0.273. The SMILES string of the molecule is CC1(C)C=c2ccccc2=C1. The molecule has 56 valence electrons. The van der Waals surface area contributed by atoms with Crippen molar-refractivity contribution in [3.8, 4) is 0 Å². The van der Waals surface area contributed by atoms with E-state index in [1.54, 1.807) is 0 Å². The van der Waals surface area contributed by atoms with E-state index in [9.17, 15) is 0 Å². The van der Waals surface area contributed by atoms with Crippen molar-refractivity contribution >= 4 is 12.2 Å². The van der Waals surface area contributed by atoms with Crippen molar-refractivity contribution in [3.63, 3.8) is 0 Å². The summed E-state index contributed by atoms with van der Waals surface area (Å²) in [5.74, 6) is 0. The maximum absolute atomic E-state index is 2.31. The molecule has 11 heavy (non-hydrogen) atoms. The third-order valence-electron chi connectivity index (χ3n) is 2.05. The van der Waals surface area contributed by atoms with Gasteiger partial charge in [0.25, 0.3) is 0 Å². The van der Waals surface area contributed by atoms with Crippen molar-refractivity contribution < 1.29 is 0 Å². The first kappa shape index (κ1) is 6.66. The van der Waals surface area contributed by atoms with E-state index >= 15 is 0 Å². The molecular formula is C11H12. The van der Waals surface area contributed by atoms with Crippen molar-refractivity contribution in [1.82, 2.24) is 0 Å². The summed E-state index contributed by atoms with van der Waals surface area (Å²) in [4.78, 5) is 0. The van der Waals surface area contributed by atoms with Gasteiger partial charge in [-0.15, -0.1) is 0 Å². The van der Waals surface area contributed by atoms with Crippen LogP contribution in [-0.2, 0) is 0 Å². The molecule has 0 radical (unpaired) electrons. The third kappa shape index (κ3) is 1.09. The molecule has 2 rings (SSSR count). The summed E-state index contributed by atoms with van der Waals surface area (Å²) in [5.41, 5.74) is 0.254. The number of hydrogen-bond acceptors (Lipinski definition) is 0. The summed E-state index contributed by atoms with van der Waals surface area (Å²) >= 11 is 0. The highest BCUT2D eigenvalue weighted by Crippen LogP contribution is 2.20. The number of rotatable bonds is 0. The van der Waals surface area contributed by atoms with Crippen LogP contribution in [0.3, 0.4) is 0 Å². The molecule has 0 unspecified atom stereocenters. The topological polar surface area (TPSA) is 0 Å². The Morgan fingerprint density at radius 2 is 1.36 bits per heavy atom. The summed E-state index contributed by atoms with van der Waals surface area (Å²) < 4.78 is 0. The summed E-state index contributed by atoms with van der Waals surface area (Å²) in [6.07, 6.45) is 4.62.